The Labute approximate surface area is 144 Å². The van der Waals surface area contributed by atoms with Crippen LogP contribution in [0.1, 0.15) is 31.8 Å². The summed E-state index contributed by atoms with van der Waals surface area (Å²) >= 11 is 0. The van der Waals surface area contributed by atoms with Crippen LogP contribution in [-0.2, 0) is 13.1 Å². The minimum absolute atomic E-state index is 0.0915. The van der Waals surface area contributed by atoms with Crippen molar-refractivity contribution in [2.24, 2.45) is 0 Å². The second-order valence-electron chi connectivity index (χ2n) is 5.59. The van der Waals surface area contributed by atoms with Crippen LogP contribution in [0, 0.1) is 0 Å². The Hall–Kier alpha value is -3.41. The number of aromatic carboxylic acids is 1. The molecule has 0 radical (unpaired) electrons. The Morgan fingerprint density at radius 2 is 1.76 bits per heavy atom. The normalized spacial score (nSPS) is 10.4. The summed E-state index contributed by atoms with van der Waals surface area (Å²) in [6.45, 7) is 1.03. The van der Waals surface area contributed by atoms with Crippen LogP contribution in [-0.4, -0.2) is 26.8 Å². The maximum Gasteiger partial charge on any atom is 0.335 e. The molecule has 0 fully saturated rings. The fraction of sp³-hybridized carbons (Fsp3) is 0.105. The number of benzene rings is 2. The van der Waals surface area contributed by atoms with Crippen molar-refractivity contribution in [1.82, 2.24) is 15.1 Å². The summed E-state index contributed by atoms with van der Waals surface area (Å²) < 4.78 is 1.83. The molecule has 6 nitrogen and oxygen atoms in total. The lowest BCUT2D eigenvalue weighted by Crippen LogP contribution is -2.23. The molecule has 126 valence electrons. The molecule has 0 atom stereocenters. The topological polar surface area (TPSA) is 84.2 Å². The number of hydrogen-bond acceptors (Lipinski definition) is 3. The number of nitrogens with zero attached hydrogens (tertiary/aromatic N) is 2. The Kier molecular flexibility index (Phi) is 4.89. The predicted octanol–water partition coefficient (Wildman–Crippen LogP) is 2.56. The summed E-state index contributed by atoms with van der Waals surface area (Å²) in [5.74, 6) is -1.36. The SMILES string of the molecule is O=C(O)c1cccc(C(=O)NCc2cccc(Cn3cccn3)c2)c1. The Morgan fingerprint density at radius 3 is 2.52 bits per heavy atom. The highest BCUT2D eigenvalue weighted by Gasteiger charge is 2.09. The average Bonchev–Trinajstić information content (AvgIpc) is 3.13. The molecular formula is C19H17N3O3. The summed E-state index contributed by atoms with van der Waals surface area (Å²) in [6, 6.07) is 15.7. The second-order valence-corrected chi connectivity index (χ2v) is 5.59. The first-order chi connectivity index (χ1) is 12.1. The summed E-state index contributed by atoms with van der Waals surface area (Å²) in [6.07, 6.45) is 3.62. The summed E-state index contributed by atoms with van der Waals surface area (Å²) in [5.41, 5.74) is 2.47. The van der Waals surface area contributed by atoms with Gasteiger partial charge in [-0.2, -0.15) is 5.10 Å². The molecule has 0 spiro atoms. The third-order valence-electron chi connectivity index (χ3n) is 3.72. The Bertz CT molecular complexity index is 888. The van der Waals surface area contributed by atoms with Crippen LogP contribution in [0.2, 0.25) is 0 Å². The van der Waals surface area contributed by atoms with E-state index in [1.807, 2.05) is 41.2 Å². The maximum absolute atomic E-state index is 12.2. The van der Waals surface area contributed by atoms with E-state index in [0.717, 1.165) is 11.1 Å². The van der Waals surface area contributed by atoms with Gasteiger partial charge in [0.15, 0.2) is 0 Å². The van der Waals surface area contributed by atoms with Crippen LogP contribution in [0.15, 0.2) is 67.0 Å². The van der Waals surface area contributed by atoms with Crippen LogP contribution in [0.25, 0.3) is 0 Å². The van der Waals surface area contributed by atoms with Crippen molar-refractivity contribution >= 4 is 11.9 Å². The van der Waals surface area contributed by atoms with Crippen molar-refractivity contribution in [3.05, 3.63) is 89.2 Å². The fourth-order valence-corrected chi connectivity index (χ4v) is 2.50. The van der Waals surface area contributed by atoms with E-state index in [4.69, 9.17) is 5.11 Å². The molecule has 2 aromatic carbocycles. The first-order valence-corrected chi connectivity index (χ1v) is 7.78. The molecule has 6 heteroatoms. The van der Waals surface area contributed by atoms with Gasteiger partial charge < -0.3 is 10.4 Å². The van der Waals surface area contributed by atoms with Gasteiger partial charge in [-0.3, -0.25) is 9.48 Å². The highest BCUT2D eigenvalue weighted by molar-refractivity contribution is 5.97. The number of rotatable bonds is 6. The molecule has 0 saturated heterocycles. The zero-order valence-corrected chi connectivity index (χ0v) is 13.4. The van der Waals surface area contributed by atoms with Crippen LogP contribution in [0.3, 0.4) is 0 Å². The lowest BCUT2D eigenvalue weighted by atomic mass is 10.1. The van der Waals surface area contributed by atoms with Gasteiger partial charge in [0.2, 0.25) is 0 Å². The zero-order chi connectivity index (χ0) is 17.6. The van der Waals surface area contributed by atoms with Crippen molar-refractivity contribution in [2.75, 3.05) is 0 Å². The molecule has 0 aliphatic rings. The quantitative estimate of drug-likeness (QED) is 0.725. The van der Waals surface area contributed by atoms with Crippen LogP contribution in [0.4, 0.5) is 0 Å². The number of hydrogen-bond donors (Lipinski definition) is 2. The summed E-state index contributed by atoms with van der Waals surface area (Å²) in [4.78, 5) is 23.2. The summed E-state index contributed by atoms with van der Waals surface area (Å²) in [5, 5.41) is 16.0. The Morgan fingerprint density at radius 1 is 1.00 bits per heavy atom. The second kappa shape index (κ2) is 7.44. The number of carbonyl (C=O) groups excluding carboxylic acids is 1. The van der Waals surface area contributed by atoms with E-state index in [0.29, 0.717) is 18.7 Å². The number of carboxylic acid groups (broad SMARTS) is 1. The monoisotopic (exact) mass is 335 g/mol. The van der Waals surface area contributed by atoms with Crippen LogP contribution >= 0.6 is 0 Å². The number of amides is 1. The van der Waals surface area contributed by atoms with E-state index >= 15 is 0 Å². The first-order valence-electron chi connectivity index (χ1n) is 7.78. The minimum Gasteiger partial charge on any atom is -0.478 e. The van der Waals surface area contributed by atoms with Gasteiger partial charge in [-0.05, 0) is 35.4 Å². The largest absolute Gasteiger partial charge is 0.478 e. The predicted molar refractivity (Wildman–Crippen MR) is 92.3 cm³/mol. The number of carbonyl (C=O) groups is 2. The van der Waals surface area contributed by atoms with E-state index < -0.39 is 5.97 Å². The van der Waals surface area contributed by atoms with Crippen LogP contribution < -0.4 is 5.32 Å². The molecule has 3 rings (SSSR count). The number of nitrogens with one attached hydrogen (secondary N) is 1. The standard InChI is InChI=1S/C19H17N3O3/c23-18(16-6-2-7-17(11-16)19(24)25)20-12-14-4-1-5-15(10-14)13-22-9-3-8-21-22/h1-11H,12-13H2,(H,20,23)(H,24,25). The minimum atomic E-state index is -1.05. The van der Waals surface area contributed by atoms with E-state index in [2.05, 4.69) is 10.4 Å². The molecular weight excluding hydrogens is 318 g/mol. The van der Waals surface area contributed by atoms with Gasteiger partial charge in [0.25, 0.3) is 5.91 Å². The van der Waals surface area contributed by atoms with Gasteiger partial charge in [-0.1, -0.05) is 30.3 Å². The Balaban J connectivity index is 1.64. The van der Waals surface area contributed by atoms with Crippen molar-refractivity contribution in [3.8, 4) is 0 Å². The molecule has 1 amide bonds. The van der Waals surface area contributed by atoms with Crippen molar-refractivity contribution in [1.29, 1.82) is 0 Å². The number of carboxylic acids is 1. The highest BCUT2D eigenvalue weighted by atomic mass is 16.4. The van der Waals surface area contributed by atoms with E-state index in [1.165, 1.54) is 12.1 Å². The first kappa shape index (κ1) is 16.4. The lowest BCUT2D eigenvalue weighted by molar-refractivity contribution is 0.0697. The van der Waals surface area contributed by atoms with Crippen LogP contribution in [0.5, 0.6) is 0 Å². The average molecular weight is 335 g/mol. The zero-order valence-electron chi connectivity index (χ0n) is 13.4. The molecule has 0 unspecified atom stereocenters. The number of aromatic nitrogens is 2. The van der Waals surface area contributed by atoms with Crippen molar-refractivity contribution in [3.63, 3.8) is 0 Å². The van der Waals surface area contributed by atoms with Gasteiger partial charge in [-0.15, -0.1) is 0 Å². The highest BCUT2D eigenvalue weighted by Crippen LogP contribution is 2.09. The molecule has 1 heterocycles. The maximum atomic E-state index is 12.2. The van der Waals surface area contributed by atoms with Gasteiger partial charge in [0.05, 0.1) is 12.1 Å². The smallest absolute Gasteiger partial charge is 0.335 e. The van der Waals surface area contributed by atoms with Gasteiger partial charge in [0, 0.05) is 24.5 Å². The van der Waals surface area contributed by atoms with Gasteiger partial charge in [0.1, 0.15) is 0 Å². The van der Waals surface area contributed by atoms with Gasteiger partial charge >= 0.3 is 5.97 Å². The molecule has 0 aliphatic heterocycles. The lowest BCUT2D eigenvalue weighted by Gasteiger charge is -2.08. The molecule has 1 aromatic heterocycles. The molecule has 25 heavy (non-hydrogen) atoms. The molecule has 2 N–H and O–H groups in total. The fourth-order valence-electron chi connectivity index (χ4n) is 2.50. The molecule has 0 bridgehead atoms. The van der Waals surface area contributed by atoms with Crippen molar-refractivity contribution < 1.29 is 14.7 Å². The van der Waals surface area contributed by atoms with E-state index in [1.54, 1.807) is 18.3 Å². The van der Waals surface area contributed by atoms with Crippen molar-refractivity contribution in [2.45, 2.75) is 13.1 Å². The molecule has 0 aliphatic carbocycles. The van der Waals surface area contributed by atoms with E-state index in [9.17, 15) is 9.59 Å². The third-order valence-corrected chi connectivity index (χ3v) is 3.72. The summed E-state index contributed by atoms with van der Waals surface area (Å²) in [7, 11) is 0. The third kappa shape index (κ3) is 4.32. The van der Waals surface area contributed by atoms with Gasteiger partial charge in [-0.25, -0.2) is 4.79 Å². The molecule has 0 saturated carbocycles. The van der Waals surface area contributed by atoms with E-state index in [-0.39, 0.29) is 11.5 Å². The molecule has 3 aromatic rings.